The van der Waals surface area contributed by atoms with Crippen molar-refractivity contribution in [3.8, 4) is 5.75 Å². The molecule has 1 aromatic carbocycles. The molecule has 0 aliphatic rings. The van der Waals surface area contributed by atoms with Crippen LogP contribution in [0.25, 0.3) is 6.08 Å². The Balaban J connectivity index is 2.88. The maximum absolute atomic E-state index is 9.60. The highest BCUT2D eigenvalue weighted by Gasteiger charge is 2.02. The number of hydrogen-bond acceptors (Lipinski definition) is 2. The number of allylic oxidation sites excluding steroid dienone is 1. The Morgan fingerprint density at radius 1 is 1.43 bits per heavy atom. The molecule has 0 bridgehead atoms. The molecule has 0 saturated carbocycles. The number of aromatic hydroxyl groups is 1. The van der Waals surface area contributed by atoms with E-state index in [9.17, 15) is 10.2 Å². The SMILES string of the molecule is CC=Cc1ccc(CC(C)O)cc1O. The lowest BCUT2D eigenvalue weighted by molar-refractivity contribution is 0.195. The molecule has 0 amide bonds. The van der Waals surface area contributed by atoms with Gasteiger partial charge in [0.15, 0.2) is 0 Å². The van der Waals surface area contributed by atoms with Gasteiger partial charge in [-0.1, -0.05) is 24.3 Å². The maximum atomic E-state index is 9.60. The third kappa shape index (κ3) is 2.89. The summed E-state index contributed by atoms with van der Waals surface area (Å²) in [5.74, 6) is 0.265. The molecular weight excluding hydrogens is 176 g/mol. The molecular formula is C12H16O2. The summed E-state index contributed by atoms with van der Waals surface area (Å²) in [5.41, 5.74) is 1.76. The normalized spacial score (nSPS) is 13.4. The summed E-state index contributed by atoms with van der Waals surface area (Å²) in [7, 11) is 0. The summed E-state index contributed by atoms with van der Waals surface area (Å²) < 4.78 is 0. The largest absolute Gasteiger partial charge is 0.507 e. The van der Waals surface area contributed by atoms with Crippen LogP contribution in [0.5, 0.6) is 5.75 Å². The molecule has 0 aliphatic carbocycles. The van der Waals surface area contributed by atoms with Crippen molar-refractivity contribution < 1.29 is 10.2 Å². The van der Waals surface area contributed by atoms with Crippen molar-refractivity contribution in [1.82, 2.24) is 0 Å². The third-order valence-electron chi connectivity index (χ3n) is 1.97. The van der Waals surface area contributed by atoms with Crippen LogP contribution < -0.4 is 0 Å². The van der Waals surface area contributed by atoms with Crippen molar-refractivity contribution in [3.05, 3.63) is 35.4 Å². The fourth-order valence-electron chi connectivity index (χ4n) is 1.38. The molecule has 0 aliphatic heterocycles. The number of aliphatic hydroxyl groups is 1. The van der Waals surface area contributed by atoms with Gasteiger partial charge >= 0.3 is 0 Å². The molecule has 1 rings (SSSR count). The lowest BCUT2D eigenvalue weighted by Gasteiger charge is -2.06. The minimum absolute atomic E-state index is 0.265. The fraction of sp³-hybridized carbons (Fsp3) is 0.333. The van der Waals surface area contributed by atoms with Gasteiger partial charge in [0.25, 0.3) is 0 Å². The van der Waals surface area contributed by atoms with Gasteiger partial charge < -0.3 is 10.2 Å². The van der Waals surface area contributed by atoms with Crippen LogP contribution in [0.2, 0.25) is 0 Å². The molecule has 76 valence electrons. The van der Waals surface area contributed by atoms with Crippen molar-refractivity contribution in [3.63, 3.8) is 0 Å². The van der Waals surface area contributed by atoms with Crippen LogP contribution >= 0.6 is 0 Å². The molecule has 0 spiro atoms. The molecule has 2 heteroatoms. The van der Waals surface area contributed by atoms with Crippen molar-refractivity contribution >= 4 is 6.08 Å². The van der Waals surface area contributed by atoms with Gasteiger partial charge in [-0.25, -0.2) is 0 Å². The second-order valence-corrected chi connectivity index (χ2v) is 3.45. The Morgan fingerprint density at radius 3 is 2.64 bits per heavy atom. The first-order valence-corrected chi connectivity index (χ1v) is 4.76. The Kier molecular flexibility index (Phi) is 3.72. The van der Waals surface area contributed by atoms with Crippen LogP contribution in [0.4, 0.5) is 0 Å². The molecule has 2 nitrogen and oxygen atoms in total. The van der Waals surface area contributed by atoms with Gasteiger partial charge in [-0.3, -0.25) is 0 Å². The Hall–Kier alpha value is -1.28. The van der Waals surface area contributed by atoms with Gasteiger partial charge in [0.2, 0.25) is 0 Å². The van der Waals surface area contributed by atoms with Gasteiger partial charge in [0, 0.05) is 5.56 Å². The monoisotopic (exact) mass is 192 g/mol. The van der Waals surface area contributed by atoms with E-state index in [2.05, 4.69) is 0 Å². The maximum Gasteiger partial charge on any atom is 0.123 e. The fourth-order valence-corrected chi connectivity index (χ4v) is 1.38. The summed E-state index contributed by atoms with van der Waals surface area (Å²) in [6, 6.07) is 5.47. The lowest BCUT2D eigenvalue weighted by atomic mass is 10.1. The van der Waals surface area contributed by atoms with Gasteiger partial charge in [0.05, 0.1) is 6.10 Å². The van der Waals surface area contributed by atoms with Crippen LogP contribution in [-0.2, 0) is 6.42 Å². The van der Waals surface area contributed by atoms with Gasteiger partial charge in [-0.2, -0.15) is 0 Å². The number of rotatable bonds is 3. The van der Waals surface area contributed by atoms with Crippen LogP contribution in [0, 0.1) is 0 Å². The summed E-state index contributed by atoms with van der Waals surface area (Å²) in [6.07, 6.45) is 3.93. The molecule has 14 heavy (non-hydrogen) atoms. The highest BCUT2D eigenvalue weighted by Crippen LogP contribution is 2.20. The van der Waals surface area contributed by atoms with E-state index >= 15 is 0 Å². The molecule has 1 atom stereocenters. The molecule has 0 saturated heterocycles. The van der Waals surface area contributed by atoms with E-state index in [1.807, 2.05) is 31.2 Å². The van der Waals surface area contributed by atoms with Gasteiger partial charge in [-0.05, 0) is 31.9 Å². The molecule has 0 fully saturated rings. The summed E-state index contributed by atoms with van der Waals surface area (Å²) in [4.78, 5) is 0. The summed E-state index contributed by atoms with van der Waals surface area (Å²) in [5, 5.41) is 18.8. The summed E-state index contributed by atoms with van der Waals surface area (Å²) in [6.45, 7) is 3.64. The first-order valence-electron chi connectivity index (χ1n) is 4.76. The van der Waals surface area contributed by atoms with E-state index in [4.69, 9.17) is 0 Å². The first kappa shape index (κ1) is 10.8. The highest BCUT2D eigenvalue weighted by molar-refractivity contribution is 5.57. The Morgan fingerprint density at radius 2 is 2.14 bits per heavy atom. The number of hydrogen-bond donors (Lipinski definition) is 2. The Labute approximate surface area is 84.5 Å². The van der Waals surface area contributed by atoms with Crippen molar-refractivity contribution in [2.45, 2.75) is 26.4 Å². The van der Waals surface area contributed by atoms with E-state index in [-0.39, 0.29) is 11.9 Å². The zero-order chi connectivity index (χ0) is 10.6. The first-order chi connectivity index (χ1) is 6.63. The van der Waals surface area contributed by atoms with Crippen LogP contribution in [0.15, 0.2) is 24.3 Å². The van der Waals surface area contributed by atoms with E-state index in [1.54, 1.807) is 13.0 Å². The topological polar surface area (TPSA) is 40.5 Å². The average Bonchev–Trinajstić information content (AvgIpc) is 2.09. The third-order valence-corrected chi connectivity index (χ3v) is 1.97. The Bertz CT molecular complexity index is 327. The van der Waals surface area contributed by atoms with Crippen LogP contribution in [0.1, 0.15) is 25.0 Å². The van der Waals surface area contributed by atoms with E-state index in [0.29, 0.717) is 6.42 Å². The number of aliphatic hydroxyl groups excluding tert-OH is 1. The second-order valence-electron chi connectivity index (χ2n) is 3.45. The van der Waals surface area contributed by atoms with Crippen molar-refractivity contribution in [2.75, 3.05) is 0 Å². The number of phenolic OH excluding ortho intramolecular Hbond substituents is 1. The molecule has 0 aromatic heterocycles. The van der Waals surface area contributed by atoms with Crippen molar-refractivity contribution in [1.29, 1.82) is 0 Å². The predicted octanol–water partition coefficient (Wildman–Crippen LogP) is 2.35. The summed E-state index contributed by atoms with van der Waals surface area (Å²) >= 11 is 0. The zero-order valence-electron chi connectivity index (χ0n) is 8.57. The highest BCUT2D eigenvalue weighted by atomic mass is 16.3. The average molecular weight is 192 g/mol. The lowest BCUT2D eigenvalue weighted by Crippen LogP contribution is -2.03. The van der Waals surface area contributed by atoms with E-state index in [0.717, 1.165) is 11.1 Å². The van der Waals surface area contributed by atoms with E-state index < -0.39 is 0 Å². The van der Waals surface area contributed by atoms with E-state index in [1.165, 1.54) is 0 Å². The molecule has 1 unspecified atom stereocenters. The van der Waals surface area contributed by atoms with Crippen LogP contribution in [0.3, 0.4) is 0 Å². The van der Waals surface area contributed by atoms with Crippen molar-refractivity contribution in [2.24, 2.45) is 0 Å². The second kappa shape index (κ2) is 4.82. The van der Waals surface area contributed by atoms with Crippen LogP contribution in [-0.4, -0.2) is 16.3 Å². The van der Waals surface area contributed by atoms with Gasteiger partial charge in [0.1, 0.15) is 5.75 Å². The molecule has 2 N–H and O–H groups in total. The quantitative estimate of drug-likeness (QED) is 0.771. The number of benzene rings is 1. The zero-order valence-corrected chi connectivity index (χ0v) is 8.57. The minimum Gasteiger partial charge on any atom is -0.507 e. The minimum atomic E-state index is -0.373. The molecule has 0 heterocycles. The molecule has 0 radical (unpaired) electrons. The number of phenols is 1. The van der Waals surface area contributed by atoms with Gasteiger partial charge in [-0.15, -0.1) is 0 Å². The predicted molar refractivity (Wildman–Crippen MR) is 58.2 cm³/mol. The molecule has 1 aromatic rings. The standard InChI is InChI=1S/C12H16O2/c1-3-4-11-6-5-10(7-9(2)13)8-12(11)14/h3-6,8-9,13-14H,7H2,1-2H3. The smallest absolute Gasteiger partial charge is 0.123 e.